The lowest BCUT2D eigenvalue weighted by atomic mass is 9.99. The molecule has 0 unspecified atom stereocenters. The maximum absolute atomic E-state index is 12.4. The number of benzene rings is 2. The number of hydrogen-bond acceptors (Lipinski definition) is 5. The van der Waals surface area contributed by atoms with Gasteiger partial charge in [0.25, 0.3) is 5.69 Å². The molecule has 1 heterocycles. The number of ether oxygens (including phenoxy) is 1. The van der Waals surface area contributed by atoms with Gasteiger partial charge < -0.3 is 9.64 Å². The minimum atomic E-state index is -0.433. The SMILES string of the molecule is CCCOC(=O)c1ccc(CN2C(=O)CCc3cc([N+](=O)[O-])ccc32)cc1. The van der Waals surface area contributed by atoms with Crippen LogP contribution in [0, 0.1) is 10.1 Å². The van der Waals surface area contributed by atoms with Crippen molar-refractivity contribution < 1.29 is 19.2 Å². The summed E-state index contributed by atoms with van der Waals surface area (Å²) in [5.74, 6) is -0.391. The van der Waals surface area contributed by atoms with E-state index in [9.17, 15) is 19.7 Å². The Balaban J connectivity index is 1.78. The van der Waals surface area contributed by atoms with Gasteiger partial charge in [-0.2, -0.15) is 0 Å². The van der Waals surface area contributed by atoms with Gasteiger partial charge >= 0.3 is 5.97 Å². The first kappa shape index (κ1) is 18.6. The van der Waals surface area contributed by atoms with Gasteiger partial charge in [-0.25, -0.2) is 4.79 Å². The van der Waals surface area contributed by atoms with E-state index in [0.29, 0.717) is 37.2 Å². The zero-order valence-electron chi connectivity index (χ0n) is 15.0. The molecule has 0 bridgehead atoms. The molecule has 0 N–H and O–H groups in total. The van der Waals surface area contributed by atoms with E-state index >= 15 is 0 Å². The molecule has 1 amide bonds. The van der Waals surface area contributed by atoms with Crippen molar-refractivity contribution >= 4 is 23.3 Å². The first-order valence-corrected chi connectivity index (χ1v) is 8.83. The first-order valence-electron chi connectivity index (χ1n) is 8.83. The number of non-ortho nitro benzene ring substituents is 1. The molecule has 2 aromatic carbocycles. The van der Waals surface area contributed by atoms with Crippen molar-refractivity contribution in [3.05, 3.63) is 69.3 Å². The number of aryl methyl sites for hydroxylation is 1. The number of nitro groups is 1. The Morgan fingerprint density at radius 2 is 1.93 bits per heavy atom. The Bertz CT molecular complexity index is 876. The monoisotopic (exact) mass is 368 g/mol. The summed E-state index contributed by atoms with van der Waals surface area (Å²) in [4.78, 5) is 36.4. The van der Waals surface area contributed by atoms with E-state index in [1.807, 2.05) is 6.92 Å². The molecule has 2 aromatic rings. The molecule has 0 aliphatic carbocycles. The van der Waals surface area contributed by atoms with E-state index < -0.39 is 4.92 Å². The first-order chi connectivity index (χ1) is 13.0. The van der Waals surface area contributed by atoms with Gasteiger partial charge in [-0.05, 0) is 42.2 Å². The van der Waals surface area contributed by atoms with Crippen molar-refractivity contribution in [1.82, 2.24) is 0 Å². The van der Waals surface area contributed by atoms with E-state index in [0.717, 1.165) is 17.5 Å². The van der Waals surface area contributed by atoms with Gasteiger partial charge in [0.15, 0.2) is 0 Å². The van der Waals surface area contributed by atoms with Crippen molar-refractivity contribution in [3.63, 3.8) is 0 Å². The summed E-state index contributed by atoms with van der Waals surface area (Å²) < 4.78 is 5.10. The van der Waals surface area contributed by atoms with Crippen molar-refractivity contribution in [2.45, 2.75) is 32.7 Å². The molecule has 27 heavy (non-hydrogen) atoms. The Labute approximate surface area is 156 Å². The van der Waals surface area contributed by atoms with Crippen LogP contribution < -0.4 is 4.90 Å². The predicted octanol–water partition coefficient (Wildman–Crippen LogP) is 3.64. The molecule has 1 aliphatic rings. The number of amides is 1. The fourth-order valence-electron chi connectivity index (χ4n) is 3.04. The Morgan fingerprint density at radius 3 is 2.59 bits per heavy atom. The topological polar surface area (TPSA) is 89.8 Å². The second-order valence-corrected chi connectivity index (χ2v) is 6.38. The molecule has 0 saturated carbocycles. The number of anilines is 1. The van der Waals surface area contributed by atoms with Crippen LogP contribution in [0.15, 0.2) is 42.5 Å². The summed E-state index contributed by atoms with van der Waals surface area (Å²) in [7, 11) is 0. The van der Waals surface area contributed by atoms with Crippen LogP contribution in [0.1, 0.15) is 41.3 Å². The van der Waals surface area contributed by atoms with Crippen LogP contribution >= 0.6 is 0 Å². The van der Waals surface area contributed by atoms with Crippen molar-refractivity contribution in [2.75, 3.05) is 11.5 Å². The molecule has 0 aromatic heterocycles. The highest BCUT2D eigenvalue weighted by atomic mass is 16.6. The summed E-state index contributed by atoms with van der Waals surface area (Å²) >= 11 is 0. The largest absolute Gasteiger partial charge is 0.462 e. The van der Waals surface area contributed by atoms with E-state index in [1.165, 1.54) is 12.1 Å². The van der Waals surface area contributed by atoms with E-state index in [-0.39, 0.29) is 17.6 Å². The van der Waals surface area contributed by atoms with Crippen molar-refractivity contribution in [2.24, 2.45) is 0 Å². The van der Waals surface area contributed by atoms with E-state index in [2.05, 4.69) is 0 Å². The summed E-state index contributed by atoms with van der Waals surface area (Å²) in [6, 6.07) is 11.5. The third-order valence-corrected chi connectivity index (χ3v) is 4.44. The molecule has 0 radical (unpaired) electrons. The lowest BCUT2D eigenvalue weighted by Crippen LogP contribution is -2.34. The van der Waals surface area contributed by atoms with Gasteiger partial charge in [0.1, 0.15) is 0 Å². The summed E-state index contributed by atoms with van der Waals surface area (Å²) in [6.07, 6.45) is 1.57. The predicted molar refractivity (Wildman–Crippen MR) is 99.6 cm³/mol. The highest BCUT2D eigenvalue weighted by Gasteiger charge is 2.26. The average molecular weight is 368 g/mol. The van der Waals surface area contributed by atoms with E-state index in [1.54, 1.807) is 35.2 Å². The number of esters is 1. The molecule has 0 atom stereocenters. The smallest absolute Gasteiger partial charge is 0.338 e. The second-order valence-electron chi connectivity index (χ2n) is 6.38. The third-order valence-electron chi connectivity index (χ3n) is 4.44. The number of fused-ring (bicyclic) bond motifs is 1. The quantitative estimate of drug-likeness (QED) is 0.441. The number of nitrogens with zero attached hydrogens (tertiary/aromatic N) is 2. The van der Waals surface area contributed by atoms with Gasteiger partial charge in [-0.3, -0.25) is 14.9 Å². The molecule has 0 spiro atoms. The molecule has 7 nitrogen and oxygen atoms in total. The molecule has 0 fully saturated rings. The molecule has 0 saturated heterocycles. The fourth-order valence-corrected chi connectivity index (χ4v) is 3.04. The Morgan fingerprint density at radius 1 is 1.19 bits per heavy atom. The van der Waals surface area contributed by atoms with Crippen LogP contribution in [0.3, 0.4) is 0 Å². The van der Waals surface area contributed by atoms with Crippen LogP contribution in [0.4, 0.5) is 11.4 Å². The van der Waals surface area contributed by atoms with Gasteiger partial charge in [0.05, 0.1) is 23.6 Å². The zero-order chi connectivity index (χ0) is 19.4. The average Bonchev–Trinajstić information content (AvgIpc) is 2.68. The molecule has 3 rings (SSSR count). The number of nitro benzene ring substituents is 1. The number of carbonyl (C=O) groups excluding carboxylic acids is 2. The van der Waals surface area contributed by atoms with Crippen molar-refractivity contribution in [3.8, 4) is 0 Å². The normalized spacial score (nSPS) is 13.2. The standard InChI is InChI=1S/C20H20N2O5/c1-2-11-27-20(24)15-5-3-14(4-6-15)13-21-18-9-8-17(22(25)26)12-16(18)7-10-19(21)23/h3-6,8-9,12H,2,7,10-11,13H2,1H3. The highest BCUT2D eigenvalue weighted by Crippen LogP contribution is 2.32. The lowest BCUT2D eigenvalue weighted by Gasteiger charge is -2.29. The second kappa shape index (κ2) is 7.99. The summed E-state index contributed by atoms with van der Waals surface area (Å²) in [5, 5.41) is 11.0. The van der Waals surface area contributed by atoms with Crippen LogP contribution in [-0.2, 0) is 22.5 Å². The minimum Gasteiger partial charge on any atom is -0.462 e. The number of hydrogen-bond donors (Lipinski definition) is 0. The van der Waals surface area contributed by atoms with Crippen molar-refractivity contribution in [1.29, 1.82) is 0 Å². The summed E-state index contributed by atoms with van der Waals surface area (Å²) in [6.45, 7) is 2.65. The number of carbonyl (C=O) groups is 2. The lowest BCUT2D eigenvalue weighted by molar-refractivity contribution is -0.384. The molecular formula is C20H20N2O5. The highest BCUT2D eigenvalue weighted by molar-refractivity contribution is 5.96. The van der Waals surface area contributed by atoms with Crippen LogP contribution in [0.2, 0.25) is 0 Å². The summed E-state index contributed by atoms with van der Waals surface area (Å²) in [5.41, 5.74) is 2.85. The Hall–Kier alpha value is -3.22. The molecule has 140 valence electrons. The maximum Gasteiger partial charge on any atom is 0.338 e. The Kier molecular flexibility index (Phi) is 5.49. The molecular weight excluding hydrogens is 348 g/mol. The number of rotatable bonds is 6. The molecule has 7 heteroatoms. The van der Waals surface area contributed by atoms with Gasteiger partial charge in [-0.15, -0.1) is 0 Å². The van der Waals surface area contributed by atoms with Gasteiger partial charge in [0.2, 0.25) is 5.91 Å². The maximum atomic E-state index is 12.4. The third kappa shape index (κ3) is 4.13. The van der Waals surface area contributed by atoms with E-state index in [4.69, 9.17) is 4.74 Å². The van der Waals surface area contributed by atoms with Crippen LogP contribution in [-0.4, -0.2) is 23.4 Å². The van der Waals surface area contributed by atoms with Gasteiger partial charge in [0, 0.05) is 24.2 Å². The fraction of sp³-hybridized carbons (Fsp3) is 0.300. The van der Waals surface area contributed by atoms with Gasteiger partial charge in [-0.1, -0.05) is 19.1 Å². The minimum absolute atomic E-state index is 0.0252. The zero-order valence-corrected chi connectivity index (χ0v) is 15.0. The van der Waals surface area contributed by atoms with Crippen LogP contribution in [0.5, 0.6) is 0 Å². The molecule has 1 aliphatic heterocycles. The van der Waals surface area contributed by atoms with Crippen LogP contribution in [0.25, 0.3) is 0 Å².